The third-order valence-electron chi connectivity index (χ3n) is 3.19. The van der Waals surface area contributed by atoms with Gasteiger partial charge in [0.15, 0.2) is 5.82 Å². The fraction of sp³-hybridized carbons (Fsp3) is 0.385. The number of primary amides is 1. The van der Waals surface area contributed by atoms with Gasteiger partial charge in [-0.15, -0.1) is 11.6 Å². The summed E-state index contributed by atoms with van der Waals surface area (Å²) in [5.74, 6) is -1.61. The zero-order chi connectivity index (χ0) is 15.1. The number of carbonyl (C=O) groups is 1. The monoisotopic (exact) mass is 301 g/mol. The maximum atomic E-state index is 13.7. The summed E-state index contributed by atoms with van der Waals surface area (Å²) in [6.07, 6.45) is 0. The molecular weight excluding hydrogens is 288 g/mol. The fourth-order valence-electron chi connectivity index (χ4n) is 1.95. The molecule has 0 radical (unpaired) electrons. The molecule has 4 nitrogen and oxygen atoms in total. The molecule has 0 unspecified atom stereocenters. The normalized spacial score (nSPS) is 12.1. The van der Waals surface area contributed by atoms with E-state index in [1.54, 1.807) is 13.8 Å². The first-order chi connectivity index (χ1) is 9.26. The molecule has 20 heavy (non-hydrogen) atoms. The van der Waals surface area contributed by atoms with Gasteiger partial charge in [-0.25, -0.2) is 13.8 Å². The molecule has 1 aromatic heterocycles. The lowest BCUT2D eigenvalue weighted by Gasteiger charge is -2.22. The van der Waals surface area contributed by atoms with Crippen LogP contribution in [0.4, 0.5) is 8.78 Å². The molecule has 0 aliphatic carbocycles. The maximum absolute atomic E-state index is 13.7. The van der Waals surface area contributed by atoms with Crippen LogP contribution in [0.2, 0.25) is 0 Å². The van der Waals surface area contributed by atoms with Gasteiger partial charge in [0.2, 0.25) is 5.91 Å². The number of nitrogens with two attached hydrogens (primary N) is 1. The number of alkyl halides is 1. The van der Waals surface area contributed by atoms with Gasteiger partial charge < -0.3 is 10.3 Å². The van der Waals surface area contributed by atoms with Crippen molar-refractivity contribution in [2.75, 3.05) is 0 Å². The molecular formula is C13H14ClF2N3O. The number of imidazole rings is 1. The molecule has 0 saturated heterocycles. The number of fused-ring (bicyclic) bond motifs is 1. The van der Waals surface area contributed by atoms with Crippen LogP contribution in [0.5, 0.6) is 0 Å². The van der Waals surface area contributed by atoms with Gasteiger partial charge in [0.25, 0.3) is 0 Å². The summed E-state index contributed by atoms with van der Waals surface area (Å²) in [5.41, 5.74) is 4.72. The highest BCUT2D eigenvalue weighted by molar-refractivity contribution is 6.16. The van der Waals surface area contributed by atoms with Gasteiger partial charge in [0, 0.05) is 12.6 Å². The molecule has 1 amide bonds. The first kappa shape index (κ1) is 14.7. The summed E-state index contributed by atoms with van der Waals surface area (Å²) in [4.78, 5) is 15.5. The average Bonchev–Trinajstić information content (AvgIpc) is 2.67. The Morgan fingerprint density at radius 3 is 2.65 bits per heavy atom. The molecule has 1 aromatic carbocycles. The van der Waals surface area contributed by atoms with Crippen LogP contribution in [-0.2, 0) is 17.2 Å². The molecule has 0 spiro atoms. The van der Waals surface area contributed by atoms with Crippen molar-refractivity contribution in [2.24, 2.45) is 11.1 Å². The molecule has 0 fully saturated rings. The van der Waals surface area contributed by atoms with E-state index in [2.05, 4.69) is 4.98 Å². The Hall–Kier alpha value is -1.69. The molecule has 0 atom stereocenters. The highest BCUT2D eigenvalue weighted by Gasteiger charge is 2.28. The van der Waals surface area contributed by atoms with Gasteiger partial charge in [0.05, 0.1) is 16.8 Å². The summed E-state index contributed by atoms with van der Waals surface area (Å²) >= 11 is 5.79. The van der Waals surface area contributed by atoms with E-state index in [-0.39, 0.29) is 23.5 Å². The molecule has 108 valence electrons. The summed E-state index contributed by atoms with van der Waals surface area (Å²) in [7, 11) is 0. The van der Waals surface area contributed by atoms with Crippen LogP contribution in [0.1, 0.15) is 19.7 Å². The van der Waals surface area contributed by atoms with E-state index in [1.165, 1.54) is 10.6 Å². The van der Waals surface area contributed by atoms with Crippen molar-refractivity contribution in [1.29, 1.82) is 0 Å². The first-order valence-electron chi connectivity index (χ1n) is 5.96. The minimum Gasteiger partial charge on any atom is -0.369 e. The predicted molar refractivity (Wildman–Crippen MR) is 72.2 cm³/mol. The number of amides is 1. The molecule has 7 heteroatoms. The van der Waals surface area contributed by atoms with Crippen molar-refractivity contribution in [3.8, 4) is 0 Å². The maximum Gasteiger partial charge on any atom is 0.224 e. The number of halogens is 3. The van der Waals surface area contributed by atoms with Crippen LogP contribution in [-0.4, -0.2) is 15.5 Å². The highest BCUT2D eigenvalue weighted by Crippen LogP contribution is 2.26. The predicted octanol–water partition coefficient (Wildman–Crippen LogP) is 2.56. The van der Waals surface area contributed by atoms with E-state index in [0.29, 0.717) is 5.82 Å². The highest BCUT2D eigenvalue weighted by atomic mass is 35.5. The van der Waals surface area contributed by atoms with E-state index in [4.69, 9.17) is 17.3 Å². The van der Waals surface area contributed by atoms with Gasteiger partial charge in [-0.05, 0) is 19.9 Å². The number of carbonyl (C=O) groups excluding carboxylic acids is 1. The topological polar surface area (TPSA) is 60.9 Å². The standard InChI is InChI=1S/C13H14ClF2N3O/c1-13(2,12(17)20)6-19-9-4-7(15)3-8(16)11(9)18-10(19)5-14/h3-4H,5-6H2,1-2H3,(H2,17,20). The Kier molecular flexibility index (Phi) is 3.69. The summed E-state index contributed by atoms with van der Waals surface area (Å²) in [6, 6.07) is 1.93. The smallest absolute Gasteiger partial charge is 0.224 e. The number of benzene rings is 1. The van der Waals surface area contributed by atoms with Crippen LogP contribution < -0.4 is 5.73 Å². The Bertz CT molecular complexity index is 682. The second kappa shape index (κ2) is 5.01. The average molecular weight is 302 g/mol. The minimum absolute atomic E-state index is 0.0184. The molecule has 0 aliphatic rings. The third kappa shape index (κ3) is 2.47. The van der Waals surface area contributed by atoms with E-state index in [0.717, 1.165) is 6.07 Å². The van der Waals surface area contributed by atoms with Crippen LogP contribution in [0.15, 0.2) is 12.1 Å². The van der Waals surface area contributed by atoms with Crippen LogP contribution in [0.25, 0.3) is 11.0 Å². The minimum atomic E-state index is -0.892. The number of nitrogens with zero attached hydrogens (tertiary/aromatic N) is 2. The van der Waals surface area contributed by atoms with Gasteiger partial charge in [-0.1, -0.05) is 0 Å². The van der Waals surface area contributed by atoms with Crippen LogP contribution in [0.3, 0.4) is 0 Å². The zero-order valence-electron chi connectivity index (χ0n) is 11.1. The van der Waals surface area contributed by atoms with Gasteiger partial charge >= 0.3 is 0 Å². The molecule has 2 aromatic rings. The first-order valence-corrected chi connectivity index (χ1v) is 6.50. The van der Waals surface area contributed by atoms with Crippen molar-refractivity contribution >= 4 is 28.5 Å². The van der Waals surface area contributed by atoms with Crippen molar-refractivity contribution in [3.05, 3.63) is 29.6 Å². The number of hydrogen-bond donors (Lipinski definition) is 1. The van der Waals surface area contributed by atoms with E-state index >= 15 is 0 Å². The second-order valence-electron chi connectivity index (χ2n) is 5.25. The Balaban J connectivity index is 2.65. The van der Waals surface area contributed by atoms with Crippen LogP contribution in [0, 0.1) is 17.0 Å². The van der Waals surface area contributed by atoms with Gasteiger partial charge in [0.1, 0.15) is 17.2 Å². The largest absolute Gasteiger partial charge is 0.369 e. The van der Waals surface area contributed by atoms with Crippen molar-refractivity contribution in [2.45, 2.75) is 26.3 Å². The molecule has 2 N–H and O–H groups in total. The lowest BCUT2D eigenvalue weighted by Crippen LogP contribution is -2.35. The Morgan fingerprint density at radius 1 is 1.45 bits per heavy atom. The zero-order valence-corrected chi connectivity index (χ0v) is 11.8. The van der Waals surface area contributed by atoms with Gasteiger partial charge in [-0.2, -0.15) is 0 Å². The van der Waals surface area contributed by atoms with Crippen molar-refractivity contribution < 1.29 is 13.6 Å². The SMILES string of the molecule is CC(C)(Cn1c(CCl)nc2c(F)cc(F)cc21)C(N)=O. The Morgan fingerprint density at radius 2 is 2.10 bits per heavy atom. The number of rotatable bonds is 4. The van der Waals surface area contributed by atoms with E-state index in [9.17, 15) is 13.6 Å². The van der Waals surface area contributed by atoms with Gasteiger partial charge in [-0.3, -0.25) is 4.79 Å². The second-order valence-corrected chi connectivity index (χ2v) is 5.52. The summed E-state index contributed by atoms with van der Waals surface area (Å²) in [6.45, 7) is 3.44. The fourth-order valence-corrected chi connectivity index (χ4v) is 2.15. The van der Waals surface area contributed by atoms with E-state index in [1.807, 2.05) is 0 Å². The molecule has 2 rings (SSSR count). The molecule has 0 bridgehead atoms. The van der Waals surface area contributed by atoms with Crippen molar-refractivity contribution in [3.63, 3.8) is 0 Å². The molecule has 0 saturated carbocycles. The third-order valence-corrected chi connectivity index (χ3v) is 3.43. The molecule has 0 aliphatic heterocycles. The number of aromatic nitrogens is 2. The van der Waals surface area contributed by atoms with Crippen molar-refractivity contribution in [1.82, 2.24) is 9.55 Å². The van der Waals surface area contributed by atoms with Crippen LogP contribution >= 0.6 is 11.6 Å². The summed E-state index contributed by atoms with van der Waals surface area (Å²) in [5, 5.41) is 0. The van der Waals surface area contributed by atoms with E-state index < -0.39 is 23.0 Å². The lowest BCUT2D eigenvalue weighted by molar-refractivity contribution is -0.126. The quantitative estimate of drug-likeness (QED) is 0.882. The number of hydrogen-bond acceptors (Lipinski definition) is 2. The Labute approximate surface area is 119 Å². The summed E-state index contributed by atoms with van der Waals surface area (Å²) < 4.78 is 28.6. The lowest BCUT2D eigenvalue weighted by atomic mass is 9.92. The molecule has 1 heterocycles.